The van der Waals surface area contributed by atoms with Gasteiger partial charge in [-0.15, -0.1) is 5.92 Å². The zero-order valence-electron chi connectivity index (χ0n) is 17.4. The number of benzene rings is 2. The third kappa shape index (κ3) is 4.14. The first kappa shape index (κ1) is 21.7. The maximum absolute atomic E-state index is 12.5. The molecule has 0 bridgehead atoms. The lowest BCUT2D eigenvalue weighted by atomic mass is 10.1. The summed E-state index contributed by atoms with van der Waals surface area (Å²) in [7, 11) is 0. The minimum Gasteiger partial charge on any atom is -0.435 e. The van der Waals surface area contributed by atoms with Crippen molar-refractivity contribution in [3.05, 3.63) is 71.3 Å². The van der Waals surface area contributed by atoms with Crippen LogP contribution in [0.25, 0.3) is 22.4 Å². The second kappa shape index (κ2) is 9.33. The number of rotatable bonds is 6. The van der Waals surface area contributed by atoms with Crippen molar-refractivity contribution in [1.29, 1.82) is 0 Å². The zero-order valence-corrected chi connectivity index (χ0v) is 18.1. The number of nitrogens with zero attached hydrogens (tertiary/aromatic N) is 4. The molecule has 0 aliphatic heterocycles. The van der Waals surface area contributed by atoms with Crippen LogP contribution in [0.3, 0.4) is 0 Å². The summed E-state index contributed by atoms with van der Waals surface area (Å²) < 4.78 is 31.5. The molecular weight excluding hydrogens is 434 g/mol. The molecule has 0 spiro atoms. The topological polar surface area (TPSA) is 52.8 Å². The summed E-state index contributed by atoms with van der Waals surface area (Å²) >= 11 is 6.39. The van der Waals surface area contributed by atoms with Gasteiger partial charge in [-0.25, -0.2) is 15.0 Å². The largest absolute Gasteiger partial charge is 0.435 e. The van der Waals surface area contributed by atoms with Crippen LogP contribution in [0.1, 0.15) is 31.3 Å². The molecule has 0 saturated heterocycles. The van der Waals surface area contributed by atoms with Crippen LogP contribution in [0, 0.1) is 11.8 Å². The highest BCUT2D eigenvalue weighted by Gasteiger charge is 2.23. The van der Waals surface area contributed by atoms with Crippen molar-refractivity contribution >= 4 is 22.8 Å². The summed E-state index contributed by atoms with van der Waals surface area (Å²) in [4.78, 5) is 13.7. The third-order valence-electron chi connectivity index (χ3n) is 4.94. The second-order valence-electron chi connectivity index (χ2n) is 6.87. The van der Waals surface area contributed by atoms with E-state index in [2.05, 4.69) is 26.5 Å². The summed E-state index contributed by atoms with van der Waals surface area (Å²) in [5.41, 5.74) is 3.25. The quantitative estimate of drug-likeness (QED) is 0.340. The van der Waals surface area contributed by atoms with Crippen LogP contribution >= 0.6 is 11.6 Å². The van der Waals surface area contributed by atoms with E-state index in [-0.39, 0.29) is 16.8 Å². The lowest BCUT2D eigenvalue weighted by Gasteiger charge is -2.16. The zero-order chi connectivity index (χ0) is 22.7. The number of fused-ring (bicyclic) bond motifs is 1. The van der Waals surface area contributed by atoms with Gasteiger partial charge in [0.15, 0.2) is 5.65 Å². The first-order chi connectivity index (χ1) is 15.5. The molecule has 0 radical (unpaired) electrons. The fourth-order valence-corrected chi connectivity index (χ4v) is 3.86. The Morgan fingerprint density at radius 2 is 1.91 bits per heavy atom. The number of halogens is 3. The predicted molar refractivity (Wildman–Crippen MR) is 120 cm³/mol. The average molecular weight is 453 g/mol. The van der Waals surface area contributed by atoms with Gasteiger partial charge in [0.2, 0.25) is 0 Å². The van der Waals surface area contributed by atoms with Crippen molar-refractivity contribution in [2.45, 2.75) is 32.9 Å². The molecule has 0 amide bonds. The number of imidazole rings is 1. The molecule has 32 heavy (non-hydrogen) atoms. The summed E-state index contributed by atoms with van der Waals surface area (Å²) in [5, 5.41) is 0.226. The van der Waals surface area contributed by atoms with Crippen LogP contribution in [0.2, 0.25) is 5.02 Å². The average Bonchev–Trinajstić information content (AvgIpc) is 3.16. The molecule has 1 atom stereocenters. The minimum atomic E-state index is -2.93. The van der Waals surface area contributed by atoms with Gasteiger partial charge in [0.1, 0.15) is 35.2 Å². The first-order valence-electron chi connectivity index (χ1n) is 9.97. The van der Waals surface area contributed by atoms with Gasteiger partial charge in [-0.05, 0) is 30.7 Å². The molecule has 2 aromatic heterocycles. The van der Waals surface area contributed by atoms with E-state index in [1.807, 2.05) is 41.8 Å². The molecule has 4 aromatic rings. The highest BCUT2D eigenvalue weighted by Crippen LogP contribution is 2.35. The molecular formula is C24H19ClF2N4O. The molecule has 0 N–H and O–H groups in total. The third-order valence-corrected chi connectivity index (χ3v) is 5.25. The Kier molecular flexibility index (Phi) is 6.33. The van der Waals surface area contributed by atoms with E-state index in [1.165, 1.54) is 18.5 Å². The van der Waals surface area contributed by atoms with Crippen molar-refractivity contribution in [3.8, 4) is 28.8 Å². The van der Waals surface area contributed by atoms with Crippen LogP contribution in [-0.4, -0.2) is 26.1 Å². The predicted octanol–water partition coefficient (Wildman–Crippen LogP) is 5.92. The SMILES string of the molecule is CC#CC(c1ccccc1)n1c(CC)nc2c(-c3ccc(OC(F)F)cc3Cl)ncnc21. The van der Waals surface area contributed by atoms with Crippen LogP contribution in [0.4, 0.5) is 8.78 Å². The number of alkyl halides is 2. The Bertz CT molecular complexity index is 1310. The van der Waals surface area contributed by atoms with E-state index < -0.39 is 6.61 Å². The van der Waals surface area contributed by atoms with Crippen LogP contribution in [0.5, 0.6) is 5.75 Å². The molecule has 0 aliphatic carbocycles. The van der Waals surface area contributed by atoms with Crippen molar-refractivity contribution in [3.63, 3.8) is 0 Å². The lowest BCUT2D eigenvalue weighted by Crippen LogP contribution is -2.12. The van der Waals surface area contributed by atoms with E-state index in [4.69, 9.17) is 16.6 Å². The van der Waals surface area contributed by atoms with Crippen molar-refractivity contribution in [1.82, 2.24) is 19.5 Å². The number of ether oxygens (including phenoxy) is 1. The monoisotopic (exact) mass is 452 g/mol. The second-order valence-corrected chi connectivity index (χ2v) is 7.28. The first-order valence-corrected chi connectivity index (χ1v) is 10.3. The van der Waals surface area contributed by atoms with Crippen LogP contribution in [-0.2, 0) is 6.42 Å². The number of hydrogen-bond acceptors (Lipinski definition) is 4. The molecule has 1 unspecified atom stereocenters. The van der Waals surface area contributed by atoms with Crippen molar-refractivity contribution < 1.29 is 13.5 Å². The summed E-state index contributed by atoms with van der Waals surface area (Å²) in [6.45, 7) is 0.875. The van der Waals surface area contributed by atoms with Crippen molar-refractivity contribution in [2.24, 2.45) is 0 Å². The smallest absolute Gasteiger partial charge is 0.387 e. The van der Waals surface area contributed by atoms with Crippen molar-refractivity contribution in [2.75, 3.05) is 0 Å². The Balaban J connectivity index is 1.90. The Morgan fingerprint density at radius 1 is 1.12 bits per heavy atom. The van der Waals surface area contributed by atoms with E-state index >= 15 is 0 Å². The molecule has 0 saturated carbocycles. The Labute approximate surface area is 189 Å². The normalized spacial score (nSPS) is 11.9. The van der Waals surface area contributed by atoms with Crippen LogP contribution in [0.15, 0.2) is 54.9 Å². The fraction of sp³-hybridized carbons (Fsp3) is 0.208. The van der Waals surface area contributed by atoms with Gasteiger partial charge in [0.05, 0.1) is 5.02 Å². The van der Waals surface area contributed by atoms with Gasteiger partial charge in [-0.1, -0.05) is 54.8 Å². The number of aromatic nitrogens is 4. The molecule has 8 heteroatoms. The van der Waals surface area contributed by atoms with Gasteiger partial charge in [0, 0.05) is 12.0 Å². The van der Waals surface area contributed by atoms with Crippen LogP contribution < -0.4 is 4.74 Å². The highest BCUT2D eigenvalue weighted by atomic mass is 35.5. The molecule has 162 valence electrons. The summed E-state index contributed by atoms with van der Waals surface area (Å²) in [6.07, 6.45) is 2.09. The Hall–Kier alpha value is -3.50. The maximum Gasteiger partial charge on any atom is 0.387 e. The molecule has 2 aromatic carbocycles. The number of hydrogen-bond donors (Lipinski definition) is 0. The van der Waals surface area contributed by atoms with E-state index in [0.29, 0.717) is 28.8 Å². The Morgan fingerprint density at radius 3 is 2.56 bits per heavy atom. The van der Waals surface area contributed by atoms with Gasteiger partial charge in [0.25, 0.3) is 0 Å². The maximum atomic E-state index is 12.5. The van der Waals surface area contributed by atoms with E-state index in [0.717, 1.165) is 11.4 Å². The molecule has 0 fully saturated rings. The van der Waals surface area contributed by atoms with Gasteiger partial charge in [-0.3, -0.25) is 4.57 Å². The molecule has 4 rings (SSSR count). The lowest BCUT2D eigenvalue weighted by molar-refractivity contribution is -0.0498. The summed E-state index contributed by atoms with van der Waals surface area (Å²) in [5.74, 6) is 7.04. The fourth-order valence-electron chi connectivity index (χ4n) is 3.60. The van der Waals surface area contributed by atoms with Gasteiger partial charge in [-0.2, -0.15) is 8.78 Å². The van der Waals surface area contributed by atoms with Gasteiger partial charge < -0.3 is 4.74 Å². The molecule has 5 nitrogen and oxygen atoms in total. The number of aryl methyl sites for hydroxylation is 1. The minimum absolute atomic E-state index is 0.0267. The molecule has 2 heterocycles. The standard InChI is InChI=1S/C24H19ClF2N4O/c1-3-8-19(15-9-6-5-7-10-15)31-20(4-2)30-22-21(28-14-29-23(22)31)17-12-11-16(13-18(17)25)32-24(26)27/h5-7,9-14,19,24H,4H2,1-2H3. The van der Waals surface area contributed by atoms with E-state index in [9.17, 15) is 8.78 Å². The molecule has 0 aliphatic rings. The highest BCUT2D eigenvalue weighted by molar-refractivity contribution is 6.33. The van der Waals surface area contributed by atoms with Gasteiger partial charge >= 0.3 is 6.61 Å². The summed E-state index contributed by atoms with van der Waals surface area (Å²) in [6, 6.07) is 14.0. The van der Waals surface area contributed by atoms with E-state index in [1.54, 1.807) is 13.0 Å².